The summed E-state index contributed by atoms with van der Waals surface area (Å²) in [6.45, 7) is 8.38. The standard InChI is InChI=1S/C15H20N4O/c1-15(2,19-8-6-16-7-9-19)14-18-11-13(20-14)12-4-3-5-17-10-12/h3-5,10-11,16H,6-9H2,1-2H3. The van der Waals surface area contributed by atoms with Crippen LogP contribution in [0.25, 0.3) is 11.3 Å². The molecule has 0 aromatic carbocycles. The lowest BCUT2D eigenvalue weighted by molar-refractivity contribution is 0.0783. The van der Waals surface area contributed by atoms with Gasteiger partial charge in [0.25, 0.3) is 0 Å². The molecular weight excluding hydrogens is 252 g/mol. The molecule has 1 aliphatic rings. The van der Waals surface area contributed by atoms with Gasteiger partial charge >= 0.3 is 0 Å². The van der Waals surface area contributed by atoms with Gasteiger partial charge in [0.05, 0.1) is 11.7 Å². The maximum Gasteiger partial charge on any atom is 0.214 e. The SMILES string of the molecule is CC(C)(c1ncc(-c2cccnc2)o1)N1CCNCC1. The number of aromatic nitrogens is 2. The molecule has 106 valence electrons. The number of pyridine rings is 1. The van der Waals surface area contributed by atoms with E-state index in [4.69, 9.17) is 4.42 Å². The summed E-state index contributed by atoms with van der Waals surface area (Å²) in [5, 5.41) is 3.37. The van der Waals surface area contributed by atoms with Crippen molar-refractivity contribution >= 4 is 0 Å². The van der Waals surface area contributed by atoms with E-state index >= 15 is 0 Å². The third-order valence-corrected chi connectivity index (χ3v) is 3.88. The van der Waals surface area contributed by atoms with Gasteiger partial charge in [-0.15, -0.1) is 0 Å². The van der Waals surface area contributed by atoms with Crippen LogP contribution in [0.1, 0.15) is 19.7 Å². The maximum atomic E-state index is 5.97. The highest BCUT2D eigenvalue weighted by Gasteiger charge is 2.34. The van der Waals surface area contributed by atoms with Crippen LogP contribution < -0.4 is 5.32 Å². The molecule has 0 atom stereocenters. The molecule has 0 amide bonds. The Balaban J connectivity index is 1.85. The molecule has 0 saturated carbocycles. The zero-order chi connectivity index (χ0) is 14.0. The first-order chi connectivity index (χ1) is 9.68. The van der Waals surface area contributed by atoms with E-state index in [-0.39, 0.29) is 5.54 Å². The van der Waals surface area contributed by atoms with Crippen molar-refractivity contribution in [3.05, 3.63) is 36.6 Å². The molecule has 20 heavy (non-hydrogen) atoms. The number of piperazine rings is 1. The van der Waals surface area contributed by atoms with Gasteiger partial charge in [0.15, 0.2) is 5.76 Å². The third kappa shape index (κ3) is 2.46. The summed E-state index contributed by atoms with van der Waals surface area (Å²) in [5.41, 5.74) is 0.769. The van der Waals surface area contributed by atoms with Gasteiger partial charge in [-0.25, -0.2) is 4.98 Å². The Kier molecular flexibility index (Phi) is 3.54. The van der Waals surface area contributed by atoms with Gasteiger partial charge < -0.3 is 9.73 Å². The largest absolute Gasteiger partial charge is 0.439 e. The number of nitrogens with one attached hydrogen (secondary N) is 1. The molecule has 1 aliphatic heterocycles. The maximum absolute atomic E-state index is 5.97. The van der Waals surface area contributed by atoms with Gasteiger partial charge in [-0.1, -0.05) is 0 Å². The summed E-state index contributed by atoms with van der Waals surface area (Å²) >= 11 is 0. The molecule has 5 heteroatoms. The van der Waals surface area contributed by atoms with Crippen molar-refractivity contribution in [2.45, 2.75) is 19.4 Å². The highest BCUT2D eigenvalue weighted by molar-refractivity contribution is 5.54. The monoisotopic (exact) mass is 272 g/mol. The van der Waals surface area contributed by atoms with Gasteiger partial charge in [-0.3, -0.25) is 9.88 Å². The Morgan fingerprint density at radius 2 is 2.05 bits per heavy atom. The summed E-state index contributed by atoms with van der Waals surface area (Å²) in [6, 6.07) is 3.88. The fraction of sp³-hybridized carbons (Fsp3) is 0.467. The number of rotatable bonds is 3. The molecule has 5 nitrogen and oxygen atoms in total. The Bertz CT molecular complexity index is 558. The van der Waals surface area contributed by atoms with Crippen LogP contribution in [0.5, 0.6) is 0 Å². The topological polar surface area (TPSA) is 54.2 Å². The van der Waals surface area contributed by atoms with E-state index in [1.54, 1.807) is 18.6 Å². The predicted octanol–water partition coefficient (Wildman–Crippen LogP) is 1.88. The number of nitrogens with zero attached hydrogens (tertiary/aromatic N) is 3. The van der Waals surface area contributed by atoms with Crippen molar-refractivity contribution in [1.29, 1.82) is 0 Å². The van der Waals surface area contributed by atoms with E-state index < -0.39 is 0 Å². The molecule has 0 unspecified atom stereocenters. The van der Waals surface area contributed by atoms with E-state index in [1.807, 2.05) is 12.1 Å². The molecule has 1 saturated heterocycles. The summed E-state index contributed by atoms with van der Waals surface area (Å²) in [5.74, 6) is 1.54. The van der Waals surface area contributed by atoms with Crippen LogP contribution in [-0.2, 0) is 5.54 Å². The van der Waals surface area contributed by atoms with Crippen LogP contribution in [0.4, 0.5) is 0 Å². The lowest BCUT2D eigenvalue weighted by atomic mass is 10.0. The molecule has 3 rings (SSSR count). The fourth-order valence-corrected chi connectivity index (χ4v) is 2.56. The minimum Gasteiger partial charge on any atom is -0.439 e. The molecule has 0 radical (unpaired) electrons. The first-order valence-electron chi connectivity index (χ1n) is 7.00. The van der Waals surface area contributed by atoms with Crippen LogP contribution in [0.15, 0.2) is 35.1 Å². The van der Waals surface area contributed by atoms with Gasteiger partial charge in [0.2, 0.25) is 5.89 Å². The molecule has 1 N–H and O–H groups in total. The average Bonchev–Trinajstić information content (AvgIpc) is 3.00. The second-order valence-corrected chi connectivity index (χ2v) is 5.57. The Hall–Kier alpha value is -1.72. The molecule has 0 aliphatic carbocycles. The molecule has 0 bridgehead atoms. The van der Waals surface area contributed by atoms with E-state index in [9.17, 15) is 0 Å². The van der Waals surface area contributed by atoms with E-state index in [1.165, 1.54) is 0 Å². The third-order valence-electron chi connectivity index (χ3n) is 3.88. The minimum atomic E-state index is -0.192. The normalized spacial score (nSPS) is 17.3. The highest BCUT2D eigenvalue weighted by atomic mass is 16.4. The lowest BCUT2D eigenvalue weighted by Crippen LogP contribution is -2.51. The van der Waals surface area contributed by atoms with Crippen LogP contribution in [0, 0.1) is 0 Å². The van der Waals surface area contributed by atoms with Crippen molar-refractivity contribution in [3.8, 4) is 11.3 Å². The van der Waals surface area contributed by atoms with Gasteiger partial charge in [0, 0.05) is 44.1 Å². The van der Waals surface area contributed by atoms with Crippen molar-refractivity contribution in [2.75, 3.05) is 26.2 Å². The van der Waals surface area contributed by atoms with Gasteiger partial charge in [0.1, 0.15) is 0 Å². The average molecular weight is 272 g/mol. The van der Waals surface area contributed by atoms with E-state index in [0.717, 1.165) is 43.4 Å². The second kappa shape index (κ2) is 5.34. The van der Waals surface area contributed by atoms with Crippen LogP contribution in [-0.4, -0.2) is 41.0 Å². The molecule has 1 fully saturated rings. The second-order valence-electron chi connectivity index (χ2n) is 5.57. The molecule has 2 aromatic rings. The van der Waals surface area contributed by atoms with Crippen LogP contribution in [0.2, 0.25) is 0 Å². The van der Waals surface area contributed by atoms with E-state index in [0.29, 0.717) is 0 Å². The fourth-order valence-electron chi connectivity index (χ4n) is 2.56. The first kappa shape index (κ1) is 13.3. The molecule has 3 heterocycles. The predicted molar refractivity (Wildman–Crippen MR) is 77.2 cm³/mol. The van der Waals surface area contributed by atoms with Crippen molar-refractivity contribution < 1.29 is 4.42 Å². The zero-order valence-electron chi connectivity index (χ0n) is 12.0. The quantitative estimate of drug-likeness (QED) is 0.924. The van der Waals surface area contributed by atoms with Gasteiger partial charge in [-0.2, -0.15) is 0 Å². The van der Waals surface area contributed by atoms with Gasteiger partial charge in [-0.05, 0) is 26.0 Å². The Morgan fingerprint density at radius 3 is 2.75 bits per heavy atom. The molecule has 0 spiro atoms. The highest BCUT2D eigenvalue weighted by Crippen LogP contribution is 2.30. The molecular formula is C15H20N4O. The van der Waals surface area contributed by atoms with Crippen LogP contribution in [0.3, 0.4) is 0 Å². The number of hydrogen-bond donors (Lipinski definition) is 1. The minimum absolute atomic E-state index is 0.192. The number of hydrogen-bond acceptors (Lipinski definition) is 5. The lowest BCUT2D eigenvalue weighted by Gasteiger charge is -2.38. The Labute approximate surface area is 119 Å². The Morgan fingerprint density at radius 1 is 1.25 bits per heavy atom. The van der Waals surface area contributed by atoms with Crippen LogP contribution >= 0.6 is 0 Å². The summed E-state index contributed by atoms with van der Waals surface area (Å²) in [7, 11) is 0. The van der Waals surface area contributed by atoms with E-state index in [2.05, 4.69) is 34.0 Å². The van der Waals surface area contributed by atoms with Crippen molar-refractivity contribution in [1.82, 2.24) is 20.2 Å². The summed E-state index contributed by atoms with van der Waals surface area (Å²) in [6.07, 6.45) is 5.34. The summed E-state index contributed by atoms with van der Waals surface area (Å²) in [4.78, 5) is 11.0. The van der Waals surface area contributed by atoms with Crippen molar-refractivity contribution in [2.24, 2.45) is 0 Å². The smallest absolute Gasteiger partial charge is 0.214 e. The summed E-state index contributed by atoms with van der Waals surface area (Å²) < 4.78 is 5.97. The van der Waals surface area contributed by atoms with Crippen molar-refractivity contribution in [3.63, 3.8) is 0 Å². The first-order valence-corrected chi connectivity index (χ1v) is 7.00. The zero-order valence-corrected chi connectivity index (χ0v) is 12.0. The molecule has 2 aromatic heterocycles. The number of oxazole rings is 1.